The Morgan fingerprint density at radius 3 is 2.55 bits per heavy atom. The Labute approximate surface area is 172 Å². The molecule has 0 aliphatic carbocycles. The fourth-order valence-electron chi connectivity index (χ4n) is 4.32. The van der Waals surface area contributed by atoms with Crippen molar-refractivity contribution in [2.45, 2.75) is 25.3 Å². The van der Waals surface area contributed by atoms with Gasteiger partial charge in [0, 0.05) is 12.1 Å². The van der Waals surface area contributed by atoms with Crippen molar-refractivity contribution in [2.24, 2.45) is 0 Å². The molecule has 1 heterocycles. The van der Waals surface area contributed by atoms with Crippen LogP contribution in [-0.2, 0) is 11.2 Å². The number of fused-ring (bicyclic) bond motifs is 1. The zero-order chi connectivity index (χ0) is 20.1. The van der Waals surface area contributed by atoms with Gasteiger partial charge in [0.2, 0.25) is 5.91 Å². The van der Waals surface area contributed by atoms with Crippen LogP contribution < -0.4 is 10.1 Å². The molecule has 0 bridgehead atoms. The molecule has 29 heavy (non-hydrogen) atoms. The number of hydrogen-bond acceptors (Lipinski definition) is 3. The van der Waals surface area contributed by atoms with Crippen molar-refractivity contribution in [1.29, 1.82) is 0 Å². The van der Waals surface area contributed by atoms with Gasteiger partial charge >= 0.3 is 0 Å². The van der Waals surface area contributed by atoms with Crippen molar-refractivity contribution >= 4 is 16.7 Å². The molecule has 0 aromatic heterocycles. The summed E-state index contributed by atoms with van der Waals surface area (Å²) in [4.78, 5) is 15.3. The summed E-state index contributed by atoms with van der Waals surface area (Å²) in [6.07, 6.45) is 2.80. The van der Waals surface area contributed by atoms with E-state index in [0.29, 0.717) is 13.0 Å². The molecular weight excluding hydrogens is 360 g/mol. The second-order valence-electron chi connectivity index (χ2n) is 7.62. The first-order valence-corrected chi connectivity index (χ1v) is 10.4. The number of amides is 1. The highest BCUT2D eigenvalue weighted by molar-refractivity contribution is 5.90. The number of para-hydroxylation sites is 1. The van der Waals surface area contributed by atoms with Crippen LogP contribution in [0.4, 0.5) is 0 Å². The average molecular weight is 389 g/mol. The third-order valence-electron chi connectivity index (χ3n) is 5.80. The number of likely N-dealkylation sites (tertiary alicyclic amines) is 1. The van der Waals surface area contributed by atoms with Crippen molar-refractivity contribution in [2.75, 3.05) is 26.7 Å². The zero-order valence-corrected chi connectivity index (χ0v) is 16.9. The summed E-state index contributed by atoms with van der Waals surface area (Å²) in [5, 5.41) is 5.50. The lowest BCUT2D eigenvalue weighted by molar-refractivity contribution is -0.120. The van der Waals surface area contributed by atoms with Gasteiger partial charge < -0.3 is 10.1 Å². The monoisotopic (exact) mass is 388 g/mol. The lowest BCUT2D eigenvalue weighted by Gasteiger charge is -2.29. The van der Waals surface area contributed by atoms with Crippen molar-refractivity contribution in [1.82, 2.24) is 10.2 Å². The predicted octanol–water partition coefficient (Wildman–Crippen LogP) is 4.34. The van der Waals surface area contributed by atoms with Gasteiger partial charge in [-0.15, -0.1) is 0 Å². The van der Waals surface area contributed by atoms with Crippen molar-refractivity contribution in [3.63, 3.8) is 0 Å². The maximum Gasteiger partial charge on any atom is 0.224 e. The van der Waals surface area contributed by atoms with Gasteiger partial charge in [-0.2, -0.15) is 0 Å². The number of carbonyl (C=O) groups is 1. The molecule has 4 heteroatoms. The van der Waals surface area contributed by atoms with Gasteiger partial charge in [0.15, 0.2) is 0 Å². The molecule has 0 spiro atoms. The Morgan fingerprint density at radius 1 is 1.00 bits per heavy atom. The molecule has 0 radical (unpaired) electrons. The summed E-state index contributed by atoms with van der Waals surface area (Å²) < 4.78 is 5.60. The maximum absolute atomic E-state index is 12.8. The minimum Gasteiger partial charge on any atom is -0.496 e. The van der Waals surface area contributed by atoms with E-state index in [2.05, 4.69) is 34.5 Å². The molecule has 0 unspecified atom stereocenters. The summed E-state index contributed by atoms with van der Waals surface area (Å²) in [6, 6.07) is 22.6. The normalized spacial score (nSPS) is 15.3. The van der Waals surface area contributed by atoms with Crippen molar-refractivity contribution < 1.29 is 9.53 Å². The predicted molar refractivity (Wildman–Crippen MR) is 117 cm³/mol. The van der Waals surface area contributed by atoms with Gasteiger partial charge in [-0.3, -0.25) is 9.69 Å². The molecule has 1 aliphatic heterocycles. The third kappa shape index (κ3) is 4.43. The second kappa shape index (κ2) is 9.10. The number of rotatable bonds is 7. The van der Waals surface area contributed by atoms with E-state index in [9.17, 15) is 4.79 Å². The molecule has 4 nitrogen and oxygen atoms in total. The molecule has 1 atom stereocenters. The Kier molecular flexibility index (Phi) is 6.11. The van der Waals surface area contributed by atoms with Crippen LogP contribution >= 0.6 is 0 Å². The van der Waals surface area contributed by atoms with E-state index in [1.165, 1.54) is 18.2 Å². The summed E-state index contributed by atoms with van der Waals surface area (Å²) >= 11 is 0. The van der Waals surface area contributed by atoms with Crippen LogP contribution in [0.5, 0.6) is 5.75 Å². The molecule has 0 saturated carbocycles. The molecule has 1 amide bonds. The molecule has 150 valence electrons. The average Bonchev–Trinajstić information content (AvgIpc) is 3.29. The van der Waals surface area contributed by atoms with Crippen LogP contribution in [0, 0.1) is 0 Å². The van der Waals surface area contributed by atoms with Crippen LogP contribution in [0.2, 0.25) is 0 Å². The smallest absolute Gasteiger partial charge is 0.224 e. The molecule has 1 aliphatic rings. The Hall–Kier alpha value is -2.85. The first-order valence-electron chi connectivity index (χ1n) is 10.4. The standard InChI is InChI=1S/C25H28N2O2/c1-29-24-14-5-4-13-22(24)23(27-15-6-7-16-27)18-26-25(28)17-20-11-8-10-19-9-2-3-12-21(19)20/h2-5,8-14,23H,6-7,15-18H2,1H3,(H,26,28)/t23-/m1/s1. The van der Waals surface area contributed by atoms with Crippen LogP contribution in [0.25, 0.3) is 10.8 Å². The van der Waals surface area contributed by atoms with Gasteiger partial charge in [0.05, 0.1) is 19.6 Å². The van der Waals surface area contributed by atoms with Crippen molar-refractivity contribution in [3.05, 3.63) is 77.9 Å². The van der Waals surface area contributed by atoms with Gasteiger partial charge in [-0.1, -0.05) is 60.7 Å². The first-order chi connectivity index (χ1) is 14.3. The summed E-state index contributed by atoms with van der Waals surface area (Å²) in [5.41, 5.74) is 2.21. The van der Waals surface area contributed by atoms with Gasteiger partial charge in [0.1, 0.15) is 5.75 Å². The Balaban J connectivity index is 1.49. The van der Waals surface area contributed by atoms with Crippen LogP contribution in [-0.4, -0.2) is 37.6 Å². The number of nitrogens with zero attached hydrogens (tertiary/aromatic N) is 1. The minimum atomic E-state index is 0.0560. The molecule has 1 fully saturated rings. The third-order valence-corrected chi connectivity index (χ3v) is 5.80. The topological polar surface area (TPSA) is 41.6 Å². The van der Waals surface area contributed by atoms with Crippen LogP contribution in [0.1, 0.15) is 30.0 Å². The summed E-state index contributed by atoms with van der Waals surface area (Å²) in [6.45, 7) is 2.70. The molecule has 3 aromatic rings. The number of hydrogen-bond donors (Lipinski definition) is 1. The SMILES string of the molecule is COc1ccccc1[C@@H](CNC(=O)Cc1cccc2ccccc12)N1CCCC1. The van der Waals surface area contributed by atoms with Gasteiger partial charge in [0.25, 0.3) is 0 Å². The lowest BCUT2D eigenvalue weighted by atomic mass is 10.0. The van der Waals surface area contributed by atoms with E-state index in [-0.39, 0.29) is 11.9 Å². The summed E-state index contributed by atoms with van der Waals surface area (Å²) in [5.74, 6) is 0.938. The Morgan fingerprint density at radius 2 is 1.72 bits per heavy atom. The first kappa shape index (κ1) is 19.5. The molecular formula is C25H28N2O2. The molecule has 1 saturated heterocycles. The number of carbonyl (C=O) groups excluding carboxylic acids is 1. The zero-order valence-electron chi connectivity index (χ0n) is 16.9. The van der Waals surface area contributed by atoms with Crippen molar-refractivity contribution in [3.8, 4) is 5.75 Å². The molecule has 3 aromatic carbocycles. The largest absolute Gasteiger partial charge is 0.496 e. The van der Waals surface area contributed by atoms with Crippen LogP contribution in [0.3, 0.4) is 0 Å². The van der Waals surface area contributed by atoms with Gasteiger partial charge in [-0.25, -0.2) is 0 Å². The summed E-state index contributed by atoms with van der Waals surface area (Å²) in [7, 11) is 1.71. The lowest BCUT2D eigenvalue weighted by Crippen LogP contribution is -2.37. The number of ether oxygens (including phenoxy) is 1. The van der Waals surface area contributed by atoms with E-state index < -0.39 is 0 Å². The number of nitrogens with one attached hydrogen (secondary N) is 1. The van der Waals surface area contributed by atoms with E-state index in [4.69, 9.17) is 4.74 Å². The van der Waals surface area contributed by atoms with E-state index in [1.54, 1.807) is 7.11 Å². The molecule has 4 rings (SSSR count). The van der Waals surface area contributed by atoms with E-state index >= 15 is 0 Å². The number of methoxy groups -OCH3 is 1. The van der Waals surface area contributed by atoms with Crippen LogP contribution in [0.15, 0.2) is 66.7 Å². The minimum absolute atomic E-state index is 0.0560. The maximum atomic E-state index is 12.8. The fourth-order valence-corrected chi connectivity index (χ4v) is 4.32. The van der Waals surface area contributed by atoms with E-state index in [0.717, 1.165) is 35.4 Å². The second-order valence-corrected chi connectivity index (χ2v) is 7.62. The highest BCUT2D eigenvalue weighted by atomic mass is 16.5. The highest BCUT2D eigenvalue weighted by Crippen LogP contribution is 2.31. The highest BCUT2D eigenvalue weighted by Gasteiger charge is 2.26. The van der Waals surface area contributed by atoms with Gasteiger partial charge in [-0.05, 0) is 48.3 Å². The van der Waals surface area contributed by atoms with E-state index in [1.807, 2.05) is 42.5 Å². The number of benzene rings is 3. The molecule has 1 N–H and O–H groups in total. The fraction of sp³-hybridized carbons (Fsp3) is 0.320. The quantitative estimate of drug-likeness (QED) is 0.654. The Bertz CT molecular complexity index is 974.